The van der Waals surface area contributed by atoms with Crippen LogP contribution < -0.4 is 10.7 Å². The number of aromatic nitrogens is 1. The first-order chi connectivity index (χ1) is 4.79. The fourth-order valence-corrected chi connectivity index (χ4v) is 0.567. The van der Waals surface area contributed by atoms with Crippen LogP contribution in [0.5, 0.6) is 5.75 Å². The van der Waals surface area contributed by atoms with Crippen molar-refractivity contribution in [1.29, 1.82) is 0 Å². The van der Waals surface area contributed by atoms with Gasteiger partial charge in [-0.05, 0) is 12.1 Å². The van der Waals surface area contributed by atoms with Gasteiger partial charge in [-0.1, -0.05) is 5.17 Å². The lowest BCUT2D eigenvalue weighted by molar-refractivity contribution is -0.0333. The SMILES string of the molecule is CN(N)Oc1cccnc1. The van der Waals surface area contributed by atoms with Crippen molar-refractivity contribution in [1.82, 2.24) is 10.2 Å². The van der Waals surface area contributed by atoms with Crippen LogP contribution in [0.25, 0.3) is 0 Å². The number of hydroxylamine groups is 1. The highest BCUT2D eigenvalue weighted by atomic mass is 16.7. The van der Waals surface area contributed by atoms with Gasteiger partial charge in [-0.3, -0.25) is 4.98 Å². The zero-order valence-electron chi connectivity index (χ0n) is 5.69. The van der Waals surface area contributed by atoms with E-state index < -0.39 is 0 Å². The van der Waals surface area contributed by atoms with Crippen molar-refractivity contribution in [3.8, 4) is 5.75 Å². The van der Waals surface area contributed by atoms with Crippen LogP contribution in [0, 0.1) is 0 Å². The molecule has 4 nitrogen and oxygen atoms in total. The number of nitrogens with zero attached hydrogens (tertiary/aromatic N) is 2. The molecule has 4 heteroatoms. The van der Waals surface area contributed by atoms with Gasteiger partial charge in [0.05, 0.1) is 6.20 Å². The molecule has 0 saturated heterocycles. The minimum atomic E-state index is 0.632. The van der Waals surface area contributed by atoms with Gasteiger partial charge < -0.3 is 4.84 Å². The smallest absolute Gasteiger partial charge is 0.167 e. The molecule has 0 bridgehead atoms. The predicted octanol–water partition coefficient (Wildman–Crippen LogP) is 0.181. The molecule has 0 fully saturated rings. The van der Waals surface area contributed by atoms with Gasteiger partial charge in [0, 0.05) is 13.2 Å². The summed E-state index contributed by atoms with van der Waals surface area (Å²) in [5, 5.41) is 1.12. The third-order valence-corrected chi connectivity index (χ3v) is 0.884. The molecule has 10 heavy (non-hydrogen) atoms. The Morgan fingerprint density at radius 2 is 2.50 bits per heavy atom. The molecular formula is C6H9N3O. The monoisotopic (exact) mass is 139 g/mol. The van der Waals surface area contributed by atoms with Crippen LogP contribution >= 0.6 is 0 Å². The lowest BCUT2D eigenvalue weighted by atomic mass is 10.5. The number of hydrazine groups is 1. The lowest BCUT2D eigenvalue weighted by Gasteiger charge is -2.09. The van der Waals surface area contributed by atoms with Gasteiger partial charge in [0.2, 0.25) is 0 Å². The average Bonchev–Trinajstić information content (AvgIpc) is 1.88. The summed E-state index contributed by atoms with van der Waals surface area (Å²) >= 11 is 0. The Labute approximate surface area is 59.2 Å². The zero-order valence-corrected chi connectivity index (χ0v) is 5.69. The van der Waals surface area contributed by atoms with E-state index >= 15 is 0 Å². The largest absolute Gasteiger partial charge is 0.390 e. The van der Waals surface area contributed by atoms with Crippen LogP contribution in [0.4, 0.5) is 0 Å². The van der Waals surface area contributed by atoms with E-state index in [9.17, 15) is 0 Å². The van der Waals surface area contributed by atoms with E-state index in [0.717, 1.165) is 5.17 Å². The van der Waals surface area contributed by atoms with E-state index in [1.807, 2.05) is 0 Å². The quantitative estimate of drug-likeness (QED) is 0.469. The van der Waals surface area contributed by atoms with Crippen molar-refractivity contribution in [2.24, 2.45) is 5.84 Å². The normalized spacial score (nSPS) is 9.90. The Morgan fingerprint density at radius 1 is 1.70 bits per heavy atom. The molecule has 1 heterocycles. The summed E-state index contributed by atoms with van der Waals surface area (Å²) in [5.41, 5.74) is 0. The third-order valence-electron chi connectivity index (χ3n) is 0.884. The second-order valence-corrected chi connectivity index (χ2v) is 1.83. The summed E-state index contributed by atoms with van der Waals surface area (Å²) in [4.78, 5) is 8.79. The molecule has 0 spiro atoms. The fraction of sp³-hybridized carbons (Fsp3) is 0.167. The Hall–Kier alpha value is -1.13. The molecule has 54 valence electrons. The van der Waals surface area contributed by atoms with E-state index in [2.05, 4.69) is 4.98 Å². The maximum Gasteiger partial charge on any atom is 0.167 e. The zero-order chi connectivity index (χ0) is 7.40. The minimum Gasteiger partial charge on any atom is -0.390 e. The van der Waals surface area contributed by atoms with Gasteiger partial charge >= 0.3 is 0 Å². The van der Waals surface area contributed by atoms with Gasteiger partial charge in [0.15, 0.2) is 5.75 Å². The molecule has 0 aliphatic heterocycles. The Morgan fingerprint density at radius 3 is 3.00 bits per heavy atom. The molecule has 0 amide bonds. The number of rotatable bonds is 2. The summed E-state index contributed by atoms with van der Waals surface area (Å²) in [5.74, 6) is 5.84. The minimum absolute atomic E-state index is 0.632. The second-order valence-electron chi connectivity index (χ2n) is 1.83. The predicted molar refractivity (Wildman–Crippen MR) is 36.8 cm³/mol. The van der Waals surface area contributed by atoms with Crippen molar-refractivity contribution in [2.45, 2.75) is 0 Å². The van der Waals surface area contributed by atoms with Crippen LogP contribution in [0.3, 0.4) is 0 Å². The molecule has 1 aromatic heterocycles. The molecule has 2 N–H and O–H groups in total. The van der Waals surface area contributed by atoms with E-state index in [1.165, 1.54) is 0 Å². The average molecular weight is 139 g/mol. The van der Waals surface area contributed by atoms with Crippen LogP contribution in [0.1, 0.15) is 0 Å². The molecule has 1 rings (SSSR count). The Kier molecular flexibility index (Phi) is 2.20. The van der Waals surface area contributed by atoms with Crippen LogP contribution in [-0.2, 0) is 0 Å². The summed E-state index contributed by atoms with van der Waals surface area (Å²) in [7, 11) is 1.60. The van der Waals surface area contributed by atoms with Crippen molar-refractivity contribution in [3.63, 3.8) is 0 Å². The van der Waals surface area contributed by atoms with E-state index in [-0.39, 0.29) is 0 Å². The highest BCUT2D eigenvalue weighted by molar-refractivity contribution is 5.14. The topological polar surface area (TPSA) is 51.4 Å². The molecule has 0 aliphatic carbocycles. The summed E-state index contributed by atoms with van der Waals surface area (Å²) < 4.78 is 0. The van der Waals surface area contributed by atoms with Gasteiger partial charge in [0.1, 0.15) is 0 Å². The van der Waals surface area contributed by atoms with Gasteiger partial charge in [-0.25, -0.2) is 5.84 Å². The molecule has 1 aromatic rings. The van der Waals surface area contributed by atoms with Crippen molar-refractivity contribution < 1.29 is 4.84 Å². The van der Waals surface area contributed by atoms with E-state index in [0.29, 0.717) is 5.75 Å². The number of hydrogen-bond acceptors (Lipinski definition) is 4. The first kappa shape index (κ1) is 6.98. The lowest BCUT2D eigenvalue weighted by Crippen LogP contribution is -2.29. The Balaban J connectivity index is 2.59. The number of pyridine rings is 1. The van der Waals surface area contributed by atoms with Crippen molar-refractivity contribution in [2.75, 3.05) is 7.05 Å². The molecular weight excluding hydrogens is 130 g/mol. The molecule has 0 radical (unpaired) electrons. The maximum atomic E-state index is 5.21. The third kappa shape index (κ3) is 2.00. The highest BCUT2D eigenvalue weighted by Gasteiger charge is 1.91. The first-order valence-electron chi connectivity index (χ1n) is 2.85. The van der Waals surface area contributed by atoms with E-state index in [4.69, 9.17) is 10.7 Å². The fourth-order valence-electron chi connectivity index (χ4n) is 0.567. The number of hydrogen-bond donors (Lipinski definition) is 1. The van der Waals surface area contributed by atoms with Gasteiger partial charge in [0.25, 0.3) is 0 Å². The number of nitrogens with two attached hydrogens (primary N) is 1. The van der Waals surface area contributed by atoms with Gasteiger partial charge in [-0.2, -0.15) is 0 Å². The first-order valence-corrected chi connectivity index (χ1v) is 2.85. The highest BCUT2D eigenvalue weighted by Crippen LogP contribution is 2.05. The maximum absolute atomic E-state index is 5.21. The summed E-state index contributed by atoms with van der Waals surface area (Å²) in [6, 6.07) is 3.55. The van der Waals surface area contributed by atoms with Crippen molar-refractivity contribution >= 4 is 0 Å². The standard InChI is InChI=1S/C6H9N3O/c1-9(7)10-6-3-2-4-8-5-6/h2-5H,7H2,1H3. The summed E-state index contributed by atoms with van der Waals surface area (Å²) in [6.07, 6.45) is 3.26. The second kappa shape index (κ2) is 3.14. The van der Waals surface area contributed by atoms with E-state index in [1.54, 1.807) is 31.6 Å². The van der Waals surface area contributed by atoms with Gasteiger partial charge in [-0.15, -0.1) is 0 Å². The molecule has 0 atom stereocenters. The molecule has 0 aliphatic rings. The summed E-state index contributed by atoms with van der Waals surface area (Å²) in [6.45, 7) is 0. The molecule has 0 aromatic carbocycles. The Bertz CT molecular complexity index is 187. The molecule has 0 saturated carbocycles. The molecule has 0 unspecified atom stereocenters. The van der Waals surface area contributed by atoms with Crippen LogP contribution in [0.15, 0.2) is 24.5 Å². The van der Waals surface area contributed by atoms with Crippen molar-refractivity contribution in [3.05, 3.63) is 24.5 Å². The van der Waals surface area contributed by atoms with Crippen LogP contribution in [-0.4, -0.2) is 17.2 Å². The van der Waals surface area contributed by atoms with Crippen LogP contribution in [0.2, 0.25) is 0 Å².